The number of hydrogen-bond acceptors (Lipinski definition) is 6. The number of carboxylic acids is 1. The number of aliphatic hydroxyl groups excluding tert-OH is 1. The van der Waals surface area contributed by atoms with Crippen molar-refractivity contribution >= 4 is 23.2 Å². The SMILES string of the molecule is NCc1nc(C(=O)N2C[C@@H](O)C[C@H]2C(=O)O)cs1. The summed E-state index contributed by atoms with van der Waals surface area (Å²) in [5, 5.41) is 20.6. The highest BCUT2D eigenvalue weighted by Gasteiger charge is 2.39. The molecule has 1 aromatic rings. The number of likely N-dealkylation sites (tertiary alicyclic amines) is 1. The van der Waals surface area contributed by atoms with Crippen molar-refractivity contribution in [3.63, 3.8) is 0 Å². The van der Waals surface area contributed by atoms with Gasteiger partial charge in [0.1, 0.15) is 16.7 Å². The highest BCUT2D eigenvalue weighted by Crippen LogP contribution is 2.21. The molecule has 0 bridgehead atoms. The van der Waals surface area contributed by atoms with Gasteiger partial charge in [-0.15, -0.1) is 11.3 Å². The zero-order chi connectivity index (χ0) is 13.3. The number of carbonyl (C=O) groups excluding carboxylic acids is 1. The summed E-state index contributed by atoms with van der Waals surface area (Å²) in [6, 6.07) is -0.990. The Labute approximate surface area is 107 Å². The van der Waals surface area contributed by atoms with Crippen molar-refractivity contribution in [1.29, 1.82) is 0 Å². The quantitative estimate of drug-likeness (QED) is 0.666. The molecule has 2 rings (SSSR count). The predicted octanol–water partition coefficient (Wildman–Crippen LogP) is -0.738. The number of nitrogens with zero attached hydrogens (tertiary/aromatic N) is 2. The molecule has 1 aliphatic rings. The van der Waals surface area contributed by atoms with Crippen LogP contribution in [0.2, 0.25) is 0 Å². The molecule has 2 heterocycles. The predicted molar refractivity (Wildman–Crippen MR) is 63.1 cm³/mol. The van der Waals surface area contributed by atoms with Crippen molar-refractivity contribution in [3.05, 3.63) is 16.1 Å². The van der Waals surface area contributed by atoms with Crippen LogP contribution in [0.3, 0.4) is 0 Å². The normalized spacial score (nSPS) is 23.3. The van der Waals surface area contributed by atoms with Crippen LogP contribution >= 0.6 is 11.3 Å². The third-order valence-corrected chi connectivity index (χ3v) is 3.64. The average molecular weight is 271 g/mol. The minimum absolute atomic E-state index is 0.0191. The maximum absolute atomic E-state index is 12.1. The van der Waals surface area contributed by atoms with Crippen LogP contribution in [-0.2, 0) is 11.3 Å². The van der Waals surface area contributed by atoms with Gasteiger partial charge in [-0.1, -0.05) is 0 Å². The van der Waals surface area contributed by atoms with E-state index in [9.17, 15) is 14.7 Å². The topological polar surface area (TPSA) is 117 Å². The number of nitrogens with two attached hydrogens (primary N) is 1. The molecule has 18 heavy (non-hydrogen) atoms. The number of carbonyl (C=O) groups is 2. The lowest BCUT2D eigenvalue weighted by Crippen LogP contribution is -2.40. The Bertz CT molecular complexity index is 475. The summed E-state index contributed by atoms with van der Waals surface area (Å²) in [5.74, 6) is -1.59. The van der Waals surface area contributed by atoms with E-state index >= 15 is 0 Å². The summed E-state index contributed by atoms with van der Waals surface area (Å²) in [7, 11) is 0. The molecule has 1 aliphatic heterocycles. The molecular formula is C10H13N3O4S. The molecule has 1 saturated heterocycles. The highest BCUT2D eigenvalue weighted by molar-refractivity contribution is 7.09. The Hall–Kier alpha value is -1.51. The Morgan fingerprint density at radius 1 is 1.61 bits per heavy atom. The number of β-amino-alcohol motifs (C(OH)–C–C–N with tert-alkyl or cyclic N) is 1. The van der Waals surface area contributed by atoms with Crippen molar-refractivity contribution in [3.8, 4) is 0 Å². The van der Waals surface area contributed by atoms with Gasteiger partial charge in [0.05, 0.1) is 6.10 Å². The second-order valence-electron chi connectivity index (χ2n) is 4.03. The molecule has 4 N–H and O–H groups in total. The molecule has 0 unspecified atom stereocenters. The molecule has 0 saturated carbocycles. The first-order chi connectivity index (χ1) is 8.52. The number of hydrogen-bond donors (Lipinski definition) is 3. The number of thiazole rings is 1. The summed E-state index contributed by atoms with van der Waals surface area (Å²) < 4.78 is 0. The third-order valence-electron chi connectivity index (χ3n) is 2.77. The zero-order valence-electron chi connectivity index (χ0n) is 9.44. The van der Waals surface area contributed by atoms with Crippen LogP contribution in [0.25, 0.3) is 0 Å². The first kappa shape index (κ1) is 12.9. The smallest absolute Gasteiger partial charge is 0.326 e. The van der Waals surface area contributed by atoms with Crippen LogP contribution in [-0.4, -0.2) is 50.7 Å². The molecule has 0 radical (unpaired) electrons. The first-order valence-corrected chi connectivity index (χ1v) is 6.27. The van der Waals surface area contributed by atoms with Crippen molar-refractivity contribution in [2.24, 2.45) is 5.73 Å². The Balaban J connectivity index is 2.19. The van der Waals surface area contributed by atoms with Gasteiger partial charge in [0, 0.05) is 24.9 Å². The van der Waals surface area contributed by atoms with E-state index in [1.807, 2.05) is 0 Å². The molecule has 0 spiro atoms. The van der Waals surface area contributed by atoms with Crippen LogP contribution in [0.1, 0.15) is 21.9 Å². The Kier molecular flexibility index (Phi) is 3.60. The highest BCUT2D eigenvalue weighted by atomic mass is 32.1. The van der Waals surface area contributed by atoms with Gasteiger partial charge in [0.2, 0.25) is 0 Å². The molecule has 1 aromatic heterocycles. The van der Waals surface area contributed by atoms with E-state index in [2.05, 4.69) is 4.98 Å². The maximum Gasteiger partial charge on any atom is 0.326 e. The molecule has 0 aromatic carbocycles. The Morgan fingerprint density at radius 3 is 2.89 bits per heavy atom. The summed E-state index contributed by atoms with van der Waals surface area (Å²) in [4.78, 5) is 28.3. The fourth-order valence-corrected chi connectivity index (χ4v) is 2.57. The third kappa shape index (κ3) is 2.35. The molecule has 1 fully saturated rings. The second-order valence-corrected chi connectivity index (χ2v) is 4.97. The zero-order valence-corrected chi connectivity index (χ0v) is 10.3. The number of aromatic nitrogens is 1. The molecule has 8 heteroatoms. The lowest BCUT2D eigenvalue weighted by molar-refractivity contribution is -0.141. The van der Waals surface area contributed by atoms with Crippen molar-refractivity contribution in [2.45, 2.75) is 25.1 Å². The molecule has 0 aliphatic carbocycles. The van der Waals surface area contributed by atoms with Crippen LogP contribution in [0.4, 0.5) is 0 Å². The number of aliphatic carboxylic acids is 1. The fourth-order valence-electron chi connectivity index (χ4n) is 1.92. The maximum atomic E-state index is 12.1. The van der Waals surface area contributed by atoms with E-state index in [1.165, 1.54) is 11.3 Å². The minimum atomic E-state index is -1.12. The molecule has 2 atom stereocenters. The van der Waals surface area contributed by atoms with Gasteiger partial charge in [-0.25, -0.2) is 9.78 Å². The lowest BCUT2D eigenvalue weighted by atomic mass is 10.2. The monoisotopic (exact) mass is 271 g/mol. The number of rotatable bonds is 3. The average Bonchev–Trinajstić information content (AvgIpc) is 2.94. The summed E-state index contributed by atoms with van der Waals surface area (Å²) in [5.41, 5.74) is 5.58. The van der Waals surface area contributed by atoms with Gasteiger partial charge in [-0.2, -0.15) is 0 Å². The van der Waals surface area contributed by atoms with Crippen molar-refractivity contribution in [2.75, 3.05) is 6.54 Å². The van der Waals surface area contributed by atoms with E-state index in [0.717, 1.165) is 4.90 Å². The standard InChI is InChI=1S/C10H13N3O4S/c11-2-8-12-6(4-18-8)9(15)13-3-5(14)1-7(13)10(16)17/h4-5,7,14H,1-3,11H2,(H,16,17)/t5-,7-/m0/s1. The second kappa shape index (κ2) is 5.01. The van der Waals surface area contributed by atoms with E-state index in [-0.39, 0.29) is 25.2 Å². The first-order valence-electron chi connectivity index (χ1n) is 5.39. The summed E-state index contributed by atoms with van der Waals surface area (Å²) in [6.07, 6.45) is -0.753. The summed E-state index contributed by atoms with van der Waals surface area (Å²) in [6.45, 7) is 0.258. The molecule has 98 valence electrons. The van der Waals surface area contributed by atoms with E-state index in [0.29, 0.717) is 5.01 Å². The summed E-state index contributed by atoms with van der Waals surface area (Å²) >= 11 is 1.25. The van der Waals surface area contributed by atoms with Crippen molar-refractivity contribution < 1.29 is 19.8 Å². The number of amides is 1. The van der Waals surface area contributed by atoms with Gasteiger partial charge in [0.25, 0.3) is 5.91 Å². The number of aliphatic hydroxyl groups is 1. The van der Waals surface area contributed by atoms with Gasteiger partial charge in [0.15, 0.2) is 0 Å². The van der Waals surface area contributed by atoms with Crippen LogP contribution in [0.5, 0.6) is 0 Å². The largest absolute Gasteiger partial charge is 0.480 e. The van der Waals surface area contributed by atoms with Crippen LogP contribution < -0.4 is 5.73 Å². The van der Waals surface area contributed by atoms with Gasteiger partial charge >= 0.3 is 5.97 Å². The van der Waals surface area contributed by atoms with Gasteiger partial charge in [-0.05, 0) is 0 Å². The fraction of sp³-hybridized carbons (Fsp3) is 0.500. The van der Waals surface area contributed by atoms with E-state index < -0.39 is 24.0 Å². The number of carboxylic acid groups (broad SMARTS) is 1. The van der Waals surface area contributed by atoms with Gasteiger partial charge in [-0.3, -0.25) is 4.79 Å². The molecule has 1 amide bonds. The van der Waals surface area contributed by atoms with Crippen LogP contribution in [0, 0.1) is 0 Å². The lowest BCUT2D eigenvalue weighted by Gasteiger charge is -2.19. The molecule has 7 nitrogen and oxygen atoms in total. The van der Waals surface area contributed by atoms with Crippen LogP contribution in [0.15, 0.2) is 5.38 Å². The van der Waals surface area contributed by atoms with E-state index in [4.69, 9.17) is 10.8 Å². The Morgan fingerprint density at radius 2 is 2.33 bits per heavy atom. The molecular weight excluding hydrogens is 258 g/mol. The van der Waals surface area contributed by atoms with Gasteiger partial charge < -0.3 is 20.8 Å². The van der Waals surface area contributed by atoms with Crippen molar-refractivity contribution in [1.82, 2.24) is 9.88 Å². The van der Waals surface area contributed by atoms with E-state index in [1.54, 1.807) is 5.38 Å². The minimum Gasteiger partial charge on any atom is -0.480 e.